The largest absolute Gasteiger partial charge is 0.394 e. The minimum atomic E-state index is -3.66. The van der Waals surface area contributed by atoms with Gasteiger partial charge in [-0.2, -0.15) is 0 Å². The molecule has 1 aromatic carbocycles. The fourth-order valence-electron chi connectivity index (χ4n) is 2.32. The molecular formula is C15H25NO3S. The van der Waals surface area contributed by atoms with E-state index in [2.05, 4.69) is 4.72 Å². The SMILES string of the molecule is Cc1c(C)c(C)c(S(=O)(=O)NC(C)(C)CO)c(C)c1C. The molecule has 0 saturated carbocycles. The summed E-state index contributed by atoms with van der Waals surface area (Å²) < 4.78 is 27.9. The second-order valence-corrected chi connectivity index (χ2v) is 7.72. The van der Waals surface area contributed by atoms with Crippen LogP contribution in [0.5, 0.6) is 0 Å². The quantitative estimate of drug-likeness (QED) is 0.896. The van der Waals surface area contributed by atoms with Crippen molar-refractivity contribution in [3.8, 4) is 0 Å². The predicted octanol–water partition coefficient (Wildman–Crippen LogP) is 2.28. The summed E-state index contributed by atoms with van der Waals surface area (Å²) in [6.07, 6.45) is 0. The minimum absolute atomic E-state index is 0.256. The molecule has 0 aliphatic rings. The smallest absolute Gasteiger partial charge is 0.241 e. The summed E-state index contributed by atoms with van der Waals surface area (Å²) in [5.41, 5.74) is 3.77. The van der Waals surface area contributed by atoms with Crippen molar-refractivity contribution in [1.29, 1.82) is 0 Å². The summed E-state index contributed by atoms with van der Waals surface area (Å²) in [6.45, 7) is 12.6. The first-order valence-electron chi connectivity index (χ1n) is 6.66. The number of hydrogen-bond acceptors (Lipinski definition) is 3. The number of aliphatic hydroxyl groups excluding tert-OH is 1. The third-order valence-electron chi connectivity index (χ3n) is 4.01. The molecule has 0 fully saturated rings. The molecule has 0 aliphatic heterocycles. The average molecular weight is 299 g/mol. The Bertz CT molecular complexity index is 602. The third kappa shape index (κ3) is 3.05. The molecule has 2 N–H and O–H groups in total. The molecule has 0 spiro atoms. The summed E-state index contributed by atoms with van der Waals surface area (Å²) in [6, 6.07) is 0. The highest BCUT2D eigenvalue weighted by Gasteiger charge is 2.29. The first kappa shape index (κ1) is 17.1. The average Bonchev–Trinajstić information content (AvgIpc) is 2.32. The van der Waals surface area contributed by atoms with Gasteiger partial charge in [-0.05, 0) is 76.3 Å². The van der Waals surface area contributed by atoms with Crippen LogP contribution in [0.25, 0.3) is 0 Å². The van der Waals surface area contributed by atoms with Crippen LogP contribution in [0.4, 0.5) is 0 Å². The normalized spacial score (nSPS) is 12.8. The van der Waals surface area contributed by atoms with E-state index < -0.39 is 15.6 Å². The van der Waals surface area contributed by atoms with Crippen LogP contribution in [-0.4, -0.2) is 25.7 Å². The van der Waals surface area contributed by atoms with Crippen molar-refractivity contribution in [2.24, 2.45) is 0 Å². The molecule has 20 heavy (non-hydrogen) atoms. The third-order valence-corrected chi connectivity index (χ3v) is 5.98. The van der Waals surface area contributed by atoms with E-state index in [-0.39, 0.29) is 6.61 Å². The molecule has 0 amide bonds. The summed E-state index contributed by atoms with van der Waals surface area (Å²) in [5, 5.41) is 9.27. The summed E-state index contributed by atoms with van der Waals surface area (Å²) in [7, 11) is -3.66. The number of benzene rings is 1. The fraction of sp³-hybridized carbons (Fsp3) is 0.600. The molecule has 0 aliphatic carbocycles. The Hall–Kier alpha value is -0.910. The van der Waals surface area contributed by atoms with Gasteiger partial charge < -0.3 is 5.11 Å². The van der Waals surface area contributed by atoms with Crippen molar-refractivity contribution in [3.63, 3.8) is 0 Å². The van der Waals surface area contributed by atoms with Crippen LogP contribution in [-0.2, 0) is 10.0 Å². The van der Waals surface area contributed by atoms with Gasteiger partial charge >= 0.3 is 0 Å². The van der Waals surface area contributed by atoms with Crippen LogP contribution < -0.4 is 4.72 Å². The van der Waals surface area contributed by atoms with Gasteiger partial charge in [0.15, 0.2) is 0 Å². The molecular weight excluding hydrogens is 274 g/mol. The lowest BCUT2D eigenvalue weighted by molar-refractivity contribution is 0.208. The van der Waals surface area contributed by atoms with Gasteiger partial charge in [0.05, 0.1) is 17.0 Å². The van der Waals surface area contributed by atoms with Crippen molar-refractivity contribution in [2.75, 3.05) is 6.61 Å². The van der Waals surface area contributed by atoms with Gasteiger partial charge in [0, 0.05) is 0 Å². The Balaban J connectivity index is 3.56. The second kappa shape index (κ2) is 5.47. The molecule has 5 heteroatoms. The Morgan fingerprint density at radius 2 is 1.25 bits per heavy atom. The molecule has 0 atom stereocenters. The highest BCUT2D eigenvalue weighted by molar-refractivity contribution is 7.89. The van der Waals surface area contributed by atoms with Crippen molar-refractivity contribution in [3.05, 3.63) is 27.8 Å². The summed E-state index contributed by atoms with van der Waals surface area (Å²) >= 11 is 0. The second-order valence-electron chi connectivity index (χ2n) is 6.10. The summed E-state index contributed by atoms with van der Waals surface area (Å²) in [4.78, 5) is 0.333. The van der Waals surface area contributed by atoms with Crippen molar-refractivity contribution in [2.45, 2.75) is 58.9 Å². The highest BCUT2D eigenvalue weighted by atomic mass is 32.2. The monoisotopic (exact) mass is 299 g/mol. The van der Waals surface area contributed by atoms with Gasteiger partial charge in [0.1, 0.15) is 0 Å². The van der Waals surface area contributed by atoms with E-state index in [9.17, 15) is 13.5 Å². The van der Waals surface area contributed by atoms with Gasteiger partial charge in [0.25, 0.3) is 0 Å². The number of aliphatic hydroxyl groups is 1. The minimum Gasteiger partial charge on any atom is -0.394 e. The predicted molar refractivity (Wildman–Crippen MR) is 81.6 cm³/mol. The summed E-state index contributed by atoms with van der Waals surface area (Å²) in [5.74, 6) is 0. The van der Waals surface area contributed by atoms with E-state index in [1.165, 1.54) is 0 Å². The van der Waals surface area contributed by atoms with Crippen LogP contribution in [0.3, 0.4) is 0 Å². The van der Waals surface area contributed by atoms with Crippen LogP contribution in [0.15, 0.2) is 4.90 Å². The zero-order valence-electron chi connectivity index (χ0n) is 13.4. The first-order chi connectivity index (χ1) is 8.94. The first-order valence-corrected chi connectivity index (χ1v) is 8.14. The van der Waals surface area contributed by atoms with Gasteiger partial charge in [-0.1, -0.05) is 0 Å². The van der Waals surface area contributed by atoms with Crippen molar-refractivity contribution in [1.82, 2.24) is 4.72 Å². The van der Waals surface area contributed by atoms with E-state index in [0.717, 1.165) is 27.8 Å². The topological polar surface area (TPSA) is 66.4 Å². The molecule has 0 radical (unpaired) electrons. The molecule has 0 heterocycles. The molecule has 4 nitrogen and oxygen atoms in total. The van der Waals surface area contributed by atoms with Crippen molar-refractivity contribution < 1.29 is 13.5 Å². The number of sulfonamides is 1. The highest BCUT2D eigenvalue weighted by Crippen LogP contribution is 2.30. The molecule has 0 unspecified atom stereocenters. The fourth-order valence-corrected chi connectivity index (χ4v) is 4.32. The molecule has 0 saturated heterocycles. The lowest BCUT2D eigenvalue weighted by Crippen LogP contribution is -2.46. The van der Waals surface area contributed by atoms with Crippen LogP contribution >= 0.6 is 0 Å². The van der Waals surface area contributed by atoms with Gasteiger partial charge in [-0.25, -0.2) is 13.1 Å². The number of hydrogen-bond donors (Lipinski definition) is 2. The zero-order valence-corrected chi connectivity index (χ0v) is 14.2. The van der Waals surface area contributed by atoms with Gasteiger partial charge in [0.2, 0.25) is 10.0 Å². The molecule has 1 aromatic rings. The maximum Gasteiger partial charge on any atom is 0.241 e. The maximum atomic E-state index is 12.6. The van der Waals surface area contributed by atoms with Crippen LogP contribution in [0, 0.1) is 34.6 Å². The molecule has 1 rings (SSSR count). The number of rotatable bonds is 4. The molecule has 114 valence electrons. The van der Waals surface area contributed by atoms with E-state index in [1.54, 1.807) is 13.8 Å². The molecule has 0 aromatic heterocycles. The van der Waals surface area contributed by atoms with E-state index in [0.29, 0.717) is 4.90 Å². The van der Waals surface area contributed by atoms with Crippen LogP contribution in [0.2, 0.25) is 0 Å². The Labute approximate surface area is 122 Å². The lowest BCUT2D eigenvalue weighted by Gasteiger charge is -2.26. The Kier molecular flexibility index (Phi) is 4.69. The Morgan fingerprint density at radius 1 is 0.900 bits per heavy atom. The van der Waals surface area contributed by atoms with Crippen molar-refractivity contribution >= 4 is 10.0 Å². The van der Waals surface area contributed by atoms with E-state index >= 15 is 0 Å². The standard InChI is InChI=1S/C15H25NO3S/c1-9-10(2)12(4)14(13(5)11(9)3)20(18,19)16-15(6,7)8-17/h16-17H,8H2,1-7H3. The zero-order chi connectivity index (χ0) is 15.9. The van der Waals surface area contributed by atoms with Gasteiger partial charge in [-0.15, -0.1) is 0 Å². The van der Waals surface area contributed by atoms with Gasteiger partial charge in [-0.3, -0.25) is 0 Å². The van der Waals surface area contributed by atoms with E-state index in [1.807, 2.05) is 34.6 Å². The molecule has 0 bridgehead atoms. The van der Waals surface area contributed by atoms with E-state index in [4.69, 9.17) is 0 Å². The Morgan fingerprint density at radius 3 is 1.60 bits per heavy atom. The maximum absolute atomic E-state index is 12.6. The lowest BCUT2D eigenvalue weighted by atomic mass is 9.95. The number of nitrogens with one attached hydrogen (secondary N) is 1. The van der Waals surface area contributed by atoms with Crippen LogP contribution in [0.1, 0.15) is 41.7 Å².